The molecule has 0 atom stereocenters. The van der Waals surface area contributed by atoms with Crippen molar-refractivity contribution in [2.75, 3.05) is 19.7 Å². The van der Waals surface area contributed by atoms with E-state index in [0.717, 1.165) is 0 Å². The summed E-state index contributed by atoms with van der Waals surface area (Å²) in [5.74, 6) is 0.142. The number of oxime groups is 1. The van der Waals surface area contributed by atoms with E-state index in [1.807, 2.05) is 13.8 Å². The summed E-state index contributed by atoms with van der Waals surface area (Å²) in [6, 6.07) is 0. The highest BCUT2D eigenvalue weighted by atomic mass is 16.4. The Morgan fingerprint density at radius 2 is 2.17 bits per heavy atom. The van der Waals surface area contributed by atoms with E-state index >= 15 is 0 Å². The molecule has 72 valence electrons. The second-order valence-corrected chi connectivity index (χ2v) is 3.52. The Morgan fingerprint density at radius 3 is 2.58 bits per heavy atom. The SMILES string of the molecule is CC(C)(CO)CNCC(N)=NO. The molecular weight excluding hydrogens is 158 g/mol. The summed E-state index contributed by atoms with van der Waals surface area (Å²) in [5, 5.41) is 22.8. The molecule has 0 amide bonds. The molecule has 5 heteroatoms. The maximum atomic E-state index is 8.87. The highest BCUT2D eigenvalue weighted by Gasteiger charge is 2.15. The summed E-state index contributed by atoms with van der Waals surface area (Å²) in [4.78, 5) is 0. The maximum absolute atomic E-state index is 8.87. The minimum Gasteiger partial charge on any atom is -0.409 e. The van der Waals surface area contributed by atoms with Gasteiger partial charge in [0.05, 0.1) is 6.54 Å². The van der Waals surface area contributed by atoms with Crippen molar-refractivity contribution in [2.24, 2.45) is 16.3 Å². The van der Waals surface area contributed by atoms with Crippen molar-refractivity contribution in [1.29, 1.82) is 0 Å². The lowest BCUT2D eigenvalue weighted by molar-refractivity contribution is 0.158. The van der Waals surface area contributed by atoms with Crippen LogP contribution in [0.5, 0.6) is 0 Å². The highest BCUT2D eigenvalue weighted by Crippen LogP contribution is 2.10. The van der Waals surface area contributed by atoms with E-state index in [4.69, 9.17) is 16.0 Å². The average molecular weight is 175 g/mol. The molecule has 0 fully saturated rings. The molecule has 0 aliphatic carbocycles. The normalized spacial score (nSPS) is 13.4. The third-order valence-corrected chi connectivity index (χ3v) is 1.47. The Labute approximate surface area is 72.3 Å². The van der Waals surface area contributed by atoms with Crippen molar-refractivity contribution in [3.8, 4) is 0 Å². The van der Waals surface area contributed by atoms with E-state index in [9.17, 15) is 0 Å². The third kappa shape index (κ3) is 4.92. The van der Waals surface area contributed by atoms with Crippen LogP contribution in [-0.4, -0.2) is 35.8 Å². The number of rotatable bonds is 5. The van der Waals surface area contributed by atoms with Gasteiger partial charge in [-0.25, -0.2) is 0 Å². The van der Waals surface area contributed by atoms with Crippen LogP contribution in [0.1, 0.15) is 13.8 Å². The van der Waals surface area contributed by atoms with Crippen molar-refractivity contribution in [1.82, 2.24) is 5.32 Å². The smallest absolute Gasteiger partial charge is 0.153 e. The number of nitrogens with zero attached hydrogens (tertiary/aromatic N) is 1. The first kappa shape index (κ1) is 11.2. The zero-order valence-corrected chi connectivity index (χ0v) is 7.54. The number of nitrogens with two attached hydrogens (primary N) is 1. The minimum absolute atomic E-state index is 0.107. The Kier molecular flexibility index (Phi) is 4.61. The van der Waals surface area contributed by atoms with E-state index in [1.165, 1.54) is 0 Å². The summed E-state index contributed by atoms with van der Waals surface area (Å²) in [7, 11) is 0. The van der Waals surface area contributed by atoms with Crippen LogP contribution in [0.15, 0.2) is 5.16 Å². The Balaban J connectivity index is 3.56. The maximum Gasteiger partial charge on any atom is 0.153 e. The van der Waals surface area contributed by atoms with Crippen molar-refractivity contribution in [3.05, 3.63) is 0 Å². The van der Waals surface area contributed by atoms with E-state index in [1.54, 1.807) is 0 Å². The summed E-state index contributed by atoms with van der Waals surface area (Å²) < 4.78 is 0. The molecule has 5 N–H and O–H groups in total. The van der Waals surface area contributed by atoms with Gasteiger partial charge in [0.15, 0.2) is 5.84 Å². The molecule has 0 bridgehead atoms. The average Bonchev–Trinajstić information content (AvgIpc) is 2.04. The van der Waals surface area contributed by atoms with E-state index in [2.05, 4.69) is 10.5 Å². The number of aliphatic hydroxyl groups is 1. The zero-order valence-electron chi connectivity index (χ0n) is 7.54. The molecule has 0 aromatic rings. The topological polar surface area (TPSA) is 90.9 Å². The minimum atomic E-state index is -0.171. The van der Waals surface area contributed by atoms with Crippen LogP contribution in [0.2, 0.25) is 0 Å². The van der Waals surface area contributed by atoms with Gasteiger partial charge in [-0.05, 0) is 0 Å². The molecule has 12 heavy (non-hydrogen) atoms. The van der Waals surface area contributed by atoms with Crippen LogP contribution in [0.3, 0.4) is 0 Å². The van der Waals surface area contributed by atoms with Crippen LogP contribution >= 0.6 is 0 Å². The van der Waals surface area contributed by atoms with Crippen LogP contribution in [0.4, 0.5) is 0 Å². The van der Waals surface area contributed by atoms with Gasteiger partial charge in [-0.3, -0.25) is 0 Å². The molecule has 0 saturated heterocycles. The lowest BCUT2D eigenvalue weighted by atomic mass is 9.95. The number of hydrogen-bond acceptors (Lipinski definition) is 4. The van der Waals surface area contributed by atoms with Gasteiger partial charge >= 0.3 is 0 Å². The van der Waals surface area contributed by atoms with Gasteiger partial charge in [-0.15, -0.1) is 0 Å². The van der Waals surface area contributed by atoms with Gasteiger partial charge in [0.25, 0.3) is 0 Å². The van der Waals surface area contributed by atoms with Crippen molar-refractivity contribution >= 4 is 5.84 Å². The van der Waals surface area contributed by atoms with E-state index in [-0.39, 0.29) is 17.9 Å². The first-order chi connectivity index (χ1) is 5.52. The van der Waals surface area contributed by atoms with Gasteiger partial charge in [0.1, 0.15) is 0 Å². The van der Waals surface area contributed by atoms with Crippen LogP contribution in [0, 0.1) is 5.41 Å². The Morgan fingerprint density at radius 1 is 1.58 bits per heavy atom. The molecule has 0 radical (unpaired) electrons. The molecule has 0 heterocycles. The first-order valence-corrected chi connectivity index (χ1v) is 3.80. The standard InChI is InChI=1S/C7H17N3O2/c1-7(2,5-11)4-9-3-6(8)10-12/h9,11-12H,3-5H2,1-2H3,(H2,8,10). The van der Waals surface area contributed by atoms with Crippen LogP contribution in [0.25, 0.3) is 0 Å². The van der Waals surface area contributed by atoms with Crippen molar-refractivity contribution in [3.63, 3.8) is 0 Å². The van der Waals surface area contributed by atoms with Gasteiger partial charge in [0.2, 0.25) is 0 Å². The summed E-state index contributed by atoms with van der Waals surface area (Å²) in [6.07, 6.45) is 0. The van der Waals surface area contributed by atoms with Gasteiger partial charge in [-0.1, -0.05) is 19.0 Å². The monoisotopic (exact) mass is 175 g/mol. The highest BCUT2D eigenvalue weighted by molar-refractivity contribution is 5.81. The molecule has 0 unspecified atom stereocenters. The van der Waals surface area contributed by atoms with Crippen LogP contribution < -0.4 is 11.1 Å². The lowest BCUT2D eigenvalue weighted by Crippen LogP contribution is -2.37. The molecule has 0 aliphatic rings. The molecule has 0 aromatic carbocycles. The summed E-state index contributed by atoms with van der Waals surface area (Å²) >= 11 is 0. The number of aliphatic hydroxyl groups excluding tert-OH is 1. The largest absolute Gasteiger partial charge is 0.409 e. The fourth-order valence-electron chi connectivity index (χ4n) is 0.620. The molecule has 5 nitrogen and oxygen atoms in total. The molecular formula is C7H17N3O2. The van der Waals surface area contributed by atoms with Crippen LogP contribution in [-0.2, 0) is 0 Å². The first-order valence-electron chi connectivity index (χ1n) is 3.80. The fraction of sp³-hybridized carbons (Fsp3) is 0.857. The summed E-state index contributed by atoms with van der Waals surface area (Å²) in [5.41, 5.74) is 5.05. The number of nitrogens with one attached hydrogen (secondary N) is 1. The van der Waals surface area contributed by atoms with Crippen molar-refractivity contribution in [2.45, 2.75) is 13.8 Å². The Hall–Kier alpha value is -0.810. The van der Waals surface area contributed by atoms with Gasteiger partial charge < -0.3 is 21.4 Å². The zero-order chi connectivity index (χ0) is 9.61. The second kappa shape index (κ2) is 4.95. The van der Waals surface area contributed by atoms with Gasteiger partial charge in [-0.2, -0.15) is 0 Å². The molecule has 0 saturated carbocycles. The molecule has 0 aliphatic heterocycles. The number of amidine groups is 1. The summed E-state index contributed by atoms with van der Waals surface area (Å²) in [6.45, 7) is 4.91. The molecule has 0 aromatic heterocycles. The predicted molar refractivity (Wildman–Crippen MR) is 47.1 cm³/mol. The molecule has 0 spiro atoms. The third-order valence-electron chi connectivity index (χ3n) is 1.47. The van der Waals surface area contributed by atoms with E-state index in [0.29, 0.717) is 13.1 Å². The predicted octanol–water partition coefficient (Wildman–Crippen LogP) is -0.659. The Bertz CT molecular complexity index is 157. The van der Waals surface area contributed by atoms with E-state index < -0.39 is 0 Å². The second-order valence-electron chi connectivity index (χ2n) is 3.52. The fourth-order valence-corrected chi connectivity index (χ4v) is 0.620. The lowest BCUT2D eigenvalue weighted by Gasteiger charge is -2.21. The quantitative estimate of drug-likeness (QED) is 0.193. The van der Waals surface area contributed by atoms with Gasteiger partial charge in [0, 0.05) is 18.6 Å². The molecule has 0 rings (SSSR count). The number of hydrogen-bond donors (Lipinski definition) is 4. The van der Waals surface area contributed by atoms with Crippen molar-refractivity contribution < 1.29 is 10.3 Å².